The molecule has 0 radical (unpaired) electrons. The van der Waals surface area contributed by atoms with Crippen LogP contribution in [-0.2, 0) is 5.75 Å². The fourth-order valence-corrected chi connectivity index (χ4v) is 3.35. The first-order chi connectivity index (χ1) is 9.33. The van der Waals surface area contributed by atoms with E-state index in [-0.39, 0.29) is 0 Å². The summed E-state index contributed by atoms with van der Waals surface area (Å²) in [6.07, 6.45) is 0. The van der Waals surface area contributed by atoms with E-state index in [0.29, 0.717) is 5.75 Å². The van der Waals surface area contributed by atoms with Crippen LogP contribution in [0.25, 0.3) is 5.69 Å². The number of nitrogens with zero attached hydrogens (tertiary/aromatic N) is 5. The van der Waals surface area contributed by atoms with Crippen molar-refractivity contribution in [2.24, 2.45) is 0 Å². The van der Waals surface area contributed by atoms with Gasteiger partial charge in [-0.05, 0) is 29.5 Å². The highest BCUT2D eigenvalue weighted by molar-refractivity contribution is 8.00. The molecule has 0 saturated heterocycles. The number of thiazole rings is 1. The monoisotopic (exact) mass is 289 g/mol. The van der Waals surface area contributed by atoms with Crippen molar-refractivity contribution in [3.05, 3.63) is 47.2 Å². The predicted octanol–water partition coefficient (Wildman–Crippen LogP) is 2.72. The Balaban J connectivity index is 1.77. The normalized spacial score (nSPS) is 10.8. The Labute approximate surface area is 118 Å². The second kappa shape index (κ2) is 5.50. The van der Waals surface area contributed by atoms with E-state index in [2.05, 4.69) is 20.5 Å². The Kier molecular flexibility index (Phi) is 3.56. The van der Waals surface area contributed by atoms with Crippen LogP contribution in [0.2, 0.25) is 0 Å². The van der Waals surface area contributed by atoms with Crippen LogP contribution in [0.15, 0.2) is 40.1 Å². The molecule has 2 aromatic heterocycles. The second-order valence-electron chi connectivity index (χ2n) is 3.89. The lowest BCUT2D eigenvalue weighted by Gasteiger charge is -2.02. The molecule has 96 valence electrons. The SMILES string of the molecule is Cc1csc(SCc2nnnn2-c2ccccc2)n1. The van der Waals surface area contributed by atoms with Crippen LogP contribution in [0.1, 0.15) is 11.5 Å². The molecule has 2 heterocycles. The van der Waals surface area contributed by atoms with Gasteiger partial charge in [0.05, 0.1) is 11.4 Å². The van der Waals surface area contributed by atoms with E-state index in [1.165, 1.54) is 0 Å². The molecule has 0 fully saturated rings. The number of para-hydroxylation sites is 1. The molecule has 0 bridgehead atoms. The summed E-state index contributed by atoms with van der Waals surface area (Å²) in [6.45, 7) is 1.99. The van der Waals surface area contributed by atoms with Gasteiger partial charge in [0.15, 0.2) is 10.2 Å². The molecular weight excluding hydrogens is 278 g/mol. The van der Waals surface area contributed by atoms with Crippen molar-refractivity contribution in [3.63, 3.8) is 0 Å². The summed E-state index contributed by atoms with van der Waals surface area (Å²) in [4.78, 5) is 4.42. The summed E-state index contributed by atoms with van der Waals surface area (Å²) in [7, 11) is 0. The number of tetrazole rings is 1. The number of hydrogen-bond donors (Lipinski definition) is 0. The zero-order valence-corrected chi connectivity index (χ0v) is 11.9. The zero-order valence-electron chi connectivity index (χ0n) is 10.2. The molecule has 3 rings (SSSR count). The molecule has 1 aromatic carbocycles. The van der Waals surface area contributed by atoms with Crippen molar-refractivity contribution in [3.8, 4) is 5.69 Å². The summed E-state index contributed by atoms with van der Waals surface area (Å²) in [5.41, 5.74) is 2.02. The Hall–Kier alpha value is -1.73. The van der Waals surface area contributed by atoms with Crippen LogP contribution in [0.4, 0.5) is 0 Å². The van der Waals surface area contributed by atoms with Gasteiger partial charge in [-0.3, -0.25) is 0 Å². The Morgan fingerprint density at radius 2 is 2.11 bits per heavy atom. The van der Waals surface area contributed by atoms with E-state index in [1.807, 2.05) is 42.6 Å². The van der Waals surface area contributed by atoms with Crippen molar-refractivity contribution in [2.45, 2.75) is 17.0 Å². The number of aromatic nitrogens is 5. The number of hydrogen-bond acceptors (Lipinski definition) is 6. The molecule has 0 N–H and O–H groups in total. The molecule has 0 saturated carbocycles. The van der Waals surface area contributed by atoms with Crippen molar-refractivity contribution >= 4 is 23.1 Å². The Morgan fingerprint density at radius 3 is 2.84 bits per heavy atom. The van der Waals surface area contributed by atoms with Gasteiger partial charge in [0.1, 0.15) is 0 Å². The maximum atomic E-state index is 4.42. The van der Waals surface area contributed by atoms with E-state index in [4.69, 9.17) is 0 Å². The van der Waals surface area contributed by atoms with Gasteiger partial charge in [0, 0.05) is 11.1 Å². The number of aryl methyl sites for hydroxylation is 1. The first-order valence-electron chi connectivity index (χ1n) is 5.70. The van der Waals surface area contributed by atoms with E-state index in [0.717, 1.165) is 21.5 Å². The molecule has 5 nitrogen and oxygen atoms in total. The third-order valence-corrected chi connectivity index (χ3v) is 4.59. The smallest absolute Gasteiger partial charge is 0.167 e. The van der Waals surface area contributed by atoms with Crippen LogP contribution >= 0.6 is 23.1 Å². The van der Waals surface area contributed by atoms with E-state index >= 15 is 0 Å². The van der Waals surface area contributed by atoms with Crippen LogP contribution < -0.4 is 0 Å². The molecule has 0 unspecified atom stereocenters. The third kappa shape index (κ3) is 2.82. The fourth-order valence-electron chi connectivity index (χ4n) is 1.59. The summed E-state index contributed by atoms with van der Waals surface area (Å²) >= 11 is 3.30. The minimum absolute atomic E-state index is 0.703. The average molecular weight is 289 g/mol. The van der Waals surface area contributed by atoms with Gasteiger partial charge in [0.25, 0.3) is 0 Å². The minimum Gasteiger partial charge on any atom is -0.235 e. The van der Waals surface area contributed by atoms with E-state index < -0.39 is 0 Å². The Bertz CT molecular complexity index is 662. The molecule has 0 amide bonds. The Morgan fingerprint density at radius 1 is 1.26 bits per heavy atom. The van der Waals surface area contributed by atoms with Crippen LogP contribution in [0, 0.1) is 6.92 Å². The van der Waals surface area contributed by atoms with Crippen LogP contribution in [0.3, 0.4) is 0 Å². The lowest BCUT2D eigenvalue weighted by atomic mass is 10.3. The largest absolute Gasteiger partial charge is 0.235 e. The quantitative estimate of drug-likeness (QED) is 0.691. The number of rotatable bonds is 4. The summed E-state index contributed by atoms with van der Waals surface area (Å²) < 4.78 is 2.80. The molecular formula is C12H11N5S2. The highest BCUT2D eigenvalue weighted by Gasteiger charge is 2.09. The first kappa shape index (κ1) is 12.3. The summed E-state index contributed by atoms with van der Waals surface area (Å²) in [5.74, 6) is 1.53. The van der Waals surface area contributed by atoms with Crippen LogP contribution in [-0.4, -0.2) is 25.2 Å². The molecule has 3 aromatic rings. The maximum Gasteiger partial charge on any atom is 0.167 e. The molecule has 7 heteroatoms. The van der Waals surface area contributed by atoms with Crippen molar-refractivity contribution in [2.75, 3.05) is 0 Å². The second-order valence-corrected chi connectivity index (χ2v) is 5.97. The zero-order chi connectivity index (χ0) is 13.1. The fraction of sp³-hybridized carbons (Fsp3) is 0.167. The van der Waals surface area contributed by atoms with Gasteiger partial charge in [-0.1, -0.05) is 30.0 Å². The molecule has 0 spiro atoms. The van der Waals surface area contributed by atoms with Gasteiger partial charge in [-0.2, -0.15) is 4.68 Å². The standard InChI is InChI=1S/C12H11N5S2/c1-9-7-18-12(13-9)19-8-11-14-15-16-17(11)10-5-3-2-4-6-10/h2-7H,8H2,1H3. The topological polar surface area (TPSA) is 56.5 Å². The van der Waals surface area contributed by atoms with Gasteiger partial charge in [-0.15, -0.1) is 16.4 Å². The number of thioether (sulfide) groups is 1. The van der Waals surface area contributed by atoms with Crippen molar-refractivity contribution in [1.29, 1.82) is 0 Å². The summed E-state index contributed by atoms with van der Waals surface area (Å²) in [6, 6.07) is 9.88. The molecule has 19 heavy (non-hydrogen) atoms. The molecule has 0 aliphatic heterocycles. The minimum atomic E-state index is 0.703. The molecule has 0 atom stereocenters. The van der Waals surface area contributed by atoms with Crippen molar-refractivity contribution in [1.82, 2.24) is 25.2 Å². The van der Waals surface area contributed by atoms with Gasteiger partial charge < -0.3 is 0 Å². The predicted molar refractivity (Wildman–Crippen MR) is 75.6 cm³/mol. The average Bonchev–Trinajstić information content (AvgIpc) is 3.06. The van der Waals surface area contributed by atoms with E-state index in [9.17, 15) is 0 Å². The van der Waals surface area contributed by atoms with Gasteiger partial charge in [-0.25, -0.2) is 4.98 Å². The lowest BCUT2D eigenvalue weighted by molar-refractivity contribution is 0.777. The van der Waals surface area contributed by atoms with Gasteiger partial charge >= 0.3 is 0 Å². The van der Waals surface area contributed by atoms with Gasteiger partial charge in [0.2, 0.25) is 0 Å². The third-order valence-electron chi connectivity index (χ3n) is 2.46. The lowest BCUT2D eigenvalue weighted by Crippen LogP contribution is -2.01. The first-order valence-corrected chi connectivity index (χ1v) is 7.57. The highest BCUT2D eigenvalue weighted by atomic mass is 32.2. The van der Waals surface area contributed by atoms with Crippen LogP contribution in [0.5, 0.6) is 0 Å². The maximum absolute atomic E-state index is 4.42. The van der Waals surface area contributed by atoms with E-state index in [1.54, 1.807) is 27.8 Å². The highest BCUT2D eigenvalue weighted by Crippen LogP contribution is 2.25. The van der Waals surface area contributed by atoms with Crippen molar-refractivity contribution < 1.29 is 0 Å². The molecule has 0 aliphatic carbocycles. The molecule has 0 aliphatic rings. The summed E-state index contributed by atoms with van der Waals surface area (Å²) in [5, 5.41) is 13.9. The number of benzene rings is 1.